The summed E-state index contributed by atoms with van der Waals surface area (Å²) in [5.41, 5.74) is 0. The van der Waals surface area contributed by atoms with Gasteiger partial charge < -0.3 is 19.7 Å². The maximum atomic E-state index is 12.3. The molecule has 2 amide bonds. The van der Waals surface area contributed by atoms with E-state index in [-0.39, 0.29) is 24.3 Å². The molecule has 1 N–H and O–H groups in total. The van der Waals surface area contributed by atoms with Crippen molar-refractivity contribution in [2.75, 3.05) is 26.7 Å². The zero-order chi connectivity index (χ0) is 19.1. The van der Waals surface area contributed by atoms with Crippen LogP contribution in [0, 0.1) is 5.92 Å². The molecule has 1 aromatic carbocycles. The van der Waals surface area contributed by atoms with E-state index < -0.39 is 0 Å². The summed E-state index contributed by atoms with van der Waals surface area (Å²) in [7, 11) is 1.64. The van der Waals surface area contributed by atoms with Gasteiger partial charge in [-0.05, 0) is 43.2 Å². The second-order valence-electron chi connectivity index (χ2n) is 6.30. The molecular weight excluding hydrogens is 346 g/mol. The maximum Gasteiger partial charge on any atom is 0.260 e. The molecular formula is C20H23N3O4. The van der Waals surface area contributed by atoms with Crippen LogP contribution < -0.4 is 14.8 Å². The fourth-order valence-corrected chi connectivity index (χ4v) is 2.96. The number of aromatic nitrogens is 1. The number of nitrogens with zero attached hydrogens (tertiary/aromatic N) is 2. The predicted molar refractivity (Wildman–Crippen MR) is 99.6 cm³/mol. The fourth-order valence-electron chi connectivity index (χ4n) is 2.96. The fraction of sp³-hybridized carbons (Fsp3) is 0.350. The quantitative estimate of drug-likeness (QED) is 0.845. The lowest BCUT2D eigenvalue weighted by atomic mass is 9.96. The summed E-state index contributed by atoms with van der Waals surface area (Å²) in [5, 5.41) is 2.66. The van der Waals surface area contributed by atoms with E-state index in [1.807, 2.05) is 12.1 Å². The van der Waals surface area contributed by atoms with E-state index in [9.17, 15) is 9.59 Å². The number of nitrogens with one attached hydrogen (secondary N) is 1. The molecule has 2 aromatic rings. The SMILES string of the molecule is CNC(=O)C1CCN(C(=O)COc2ccc(Oc3ccccn3)cc2)CC1. The van der Waals surface area contributed by atoms with Gasteiger partial charge in [-0.25, -0.2) is 4.98 Å². The molecule has 1 aromatic heterocycles. The third kappa shape index (κ3) is 5.20. The zero-order valence-electron chi connectivity index (χ0n) is 15.3. The second-order valence-corrected chi connectivity index (χ2v) is 6.30. The number of hydrogen-bond acceptors (Lipinski definition) is 5. The van der Waals surface area contributed by atoms with Crippen molar-refractivity contribution in [2.45, 2.75) is 12.8 Å². The monoisotopic (exact) mass is 369 g/mol. The van der Waals surface area contributed by atoms with Gasteiger partial charge in [0.25, 0.3) is 5.91 Å². The topological polar surface area (TPSA) is 80.8 Å². The number of amides is 2. The third-order valence-electron chi connectivity index (χ3n) is 4.51. The van der Waals surface area contributed by atoms with E-state index in [0.717, 1.165) is 0 Å². The van der Waals surface area contributed by atoms with Crippen LogP contribution in [-0.2, 0) is 9.59 Å². The summed E-state index contributed by atoms with van der Waals surface area (Å²) in [6.45, 7) is 1.14. The van der Waals surface area contributed by atoms with E-state index in [2.05, 4.69) is 10.3 Å². The Labute approximate surface area is 158 Å². The van der Waals surface area contributed by atoms with Crippen LogP contribution in [0.4, 0.5) is 0 Å². The summed E-state index contributed by atoms with van der Waals surface area (Å²) in [5.74, 6) is 1.72. The van der Waals surface area contributed by atoms with Gasteiger partial charge in [0.05, 0.1) is 0 Å². The van der Waals surface area contributed by atoms with Gasteiger partial charge >= 0.3 is 0 Å². The van der Waals surface area contributed by atoms with E-state index in [1.54, 1.807) is 48.5 Å². The van der Waals surface area contributed by atoms with Crippen molar-refractivity contribution in [1.29, 1.82) is 0 Å². The second kappa shape index (κ2) is 9.02. The van der Waals surface area contributed by atoms with Crippen LogP contribution in [0.2, 0.25) is 0 Å². The average molecular weight is 369 g/mol. The standard InChI is InChI=1S/C20H23N3O4/c1-21-20(25)15-9-12-23(13-10-15)19(24)14-26-16-5-7-17(8-6-16)27-18-4-2-3-11-22-18/h2-8,11,15H,9-10,12-14H2,1H3,(H,21,25). The Hall–Kier alpha value is -3.09. The van der Waals surface area contributed by atoms with E-state index in [1.165, 1.54) is 0 Å². The number of ether oxygens (including phenoxy) is 2. The van der Waals surface area contributed by atoms with Crippen LogP contribution in [0.25, 0.3) is 0 Å². The Morgan fingerprint density at radius 3 is 2.44 bits per heavy atom. The van der Waals surface area contributed by atoms with Crippen molar-refractivity contribution in [3.63, 3.8) is 0 Å². The molecule has 0 bridgehead atoms. The summed E-state index contributed by atoms with van der Waals surface area (Å²) >= 11 is 0. The summed E-state index contributed by atoms with van der Waals surface area (Å²) < 4.78 is 11.2. The lowest BCUT2D eigenvalue weighted by molar-refractivity contribution is -0.137. The van der Waals surface area contributed by atoms with E-state index in [0.29, 0.717) is 43.3 Å². The molecule has 1 aliphatic rings. The predicted octanol–water partition coefficient (Wildman–Crippen LogP) is 2.24. The first-order chi connectivity index (χ1) is 13.2. The average Bonchev–Trinajstić information content (AvgIpc) is 2.73. The Morgan fingerprint density at radius 2 is 1.81 bits per heavy atom. The first-order valence-electron chi connectivity index (χ1n) is 8.97. The highest BCUT2D eigenvalue weighted by atomic mass is 16.5. The van der Waals surface area contributed by atoms with E-state index >= 15 is 0 Å². The van der Waals surface area contributed by atoms with Crippen molar-refractivity contribution >= 4 is 11.8 Å². The van der Waals surface area contributed by atoms with Gasteiger partial charge in [0.2, 0.25) is 11.8 Å². The number of carbonyl (C=O) groups excluding carboxylic acids is 2. The molecule has 3 rings (SSSR count). The van der Waals surface area contributed by atoms with Gasteiger partial charge in [-0.2, -0.15) is 0 Å². The molecule has 1 saturated heterocycles. The molecule has 1 aliphatic heterocycles. The molecule has 2 heterocycles. The zero-order valence-corrected chi connectivity index (χ0v) is 15.3. The smallest absolute Gasteiger partial charge is 0.260 e. The van der Waals surface area contributed by atoms with Crippen LogP contribution in [-0.4, -0.2) is 48.4 Å². The first kappa shape index (κ1) is 18.7. The highest BCUT2D eigenvalue weighted by Crippen LogP contribution is 2.22. The number of piperidine rings is 1. The number of likely N-dealkylation sites (tertiary alicyclic amines) is 1. The van der Waals surface area contributed by atoms with E-state index in [4.69, 9.17) is 9.47 Å². The molecule has 7 heteroatoms. The van der Waals surface area contributed by atoms with Gasteiger partial charge in [0.1, 0.15) is 11.5 Å². The number of rotatable bonds is 6. The Morgan fingerprint density at radius 1 is 1.11 bits per heavy atom. The largest absolute Gasteiger partial charge is 0.484 e. The lowest BCUT2D eigenvalue weighted by Gasteiger charge is -2.31. The Kier molecular flexibility index (Phi) is 6.25. The summed E-state index contributed by atoms with van der Waals surface area (Å²) in [6.07, 6.45) is 3.03. The minimum Gasteiger partial charge on any atom is -0.484 e. The molecule has 1 fully saturated rings. The van der Waals surface area contributed by atoms with Crippen LogP contribution in [0.15, 0.2) is 48.7 Å². The maximum absolute atomic E-state index is 12.3. The summed E-state index contributed by atoms with van der Waals surface area (Å²) in [4.78, 5) is 29.8. The van der Waals surface area contributed by atoms with Crippen molar-refractivity contribution in [1.82, 2.24) is 15.2 Å². The minimum absolute atomic E-state index is 0.00776. The summed E-state index contributed by atoms with van der Waals surface area (Å²) in [6, 6.07) is 12.5. The molecule has 0 unspecified atom stereocenters. The number of benzene rings is 1. The highest BCUT2D eigenvalue weighted by Gasteiger charge is 2.26. The van der Waals surface area contributed by atoms with Crippen molar-refractivity contribution in [3.8, 4) is 17.4 Å². The third-order valence-corrected chi connectivity index (χ3v) is 4.51. The number of hydrogen-bond donors (Lipinski definition) is 1. The van der Waals surface area contributed by atoms with Gasteiger partial charge in [-0.3, -0.25) is 9.59 Å². The van der Waals surface area contributed by atoms with Crippen LogP contribution in [0.3, 0.4) is 0 Å². The van der Waals surface area contributed by atoms with Crippen molar-refractivity contribution < 1.29 is 19.1 Å². The van der Waals surface area contributed by atoms with Gasteiger partial charge in [-0.1, -0.05) is 6.07 Å². The normalized spacial score (nSPS) is 14.5. The van der Waals surface area contributed by atoms with Gasteiger partial charge in [0.15, 0.2) is 6.61 Å². The Bertz CT molecular complexity index is 757. The lowest BCUT2D eigenvalue weighted by Crippen LogP contribution is -2.44. The first-order valence-corrected chi connectivity index (χ1v) is 8.97. The minimum atomic E-state index is -0.0702. The molecule has 0 atom stereocenters. The van der Waals surface area contributed by atoms with Gasteiger partial charge in [0, 0.05) is 38.3 Å². The molecule has 142 valence electrons. The highest BCUT2D eigenvalue weighted by molar-refractivity contribution is 5.80. The van der Waals surface area contributed by atoms with Crippen LogP contribution in [0.5, 0.6) is 17.4 Å². The van der Waals surface area contributed by atoms with Crippen LogP contribution in [0.1, 0.15) is 12.8 Å². The molecule has 0 spiro atoms. The number of carbonyl (C=O) groups is 2. The van der Waals surface area contributed by atoms with Crippen molar-refractivity contribution in [3.05, 3.63) is 48.7 Å². The molecule has 0 saturated carbocycles. The van der Waals surface area contributed by atoms with Gasteiger partial charge in [-0.15, -0.1) is 0 Å². The molecule has 0 aliphatic carbocycles. The Balaban J connectivity index is 1.44. The molecule has 7 nitrogen and oxygen atoms in total. The molecule has 0 radical (unpaired) electrons. The number of pyridine rings is 1. The molecule has 27 heavy (non-hydrogen) atoms. The van der Waals surface area contributed by atoms with Crippen molar-refractivity contribution in [2.24, 2.45) is 5.92 Å². The van der Waals surface area contributed by atoms with Crippen LogP contribution >= 0.6 is 0 Å².